The molecule has 0 aromatic carbocycles. The summed E-state index contributed by atoms with van der Waals surface area (Å²) in [5.41, 5.74) is 6.40. The molecule has 13 heavy (non-hydrogen) atoms. The van der Waals surface area contributed by atoms with Crippen LogP contribution in [0.25, 0.3) is 0 Å². The molecule has 4 heteroatoms. The molecule has 4 nitrogen and oxygen atoms in total. The van der Waals surface area contributed by atoms with Crippen molar-refractivity contribution in [3.8, 4) is 0 Å². The first-order valence-electron chi connectivity index (χ1n) is 4.10. The van der Waals surface area contributed by atoms with Crippen LogP contribution in [0.5, 0.6) is 0 Å². The molecule has 0 unspecified atom stereocenters. The van der Waals surface area contributed by atoms with Gasteiger partial charge in [-0.15, -0.1) is 0 Å². The third-order valence-corrected chi connectivity index (χ3v) is 1.32. The van der Waals surface area contributed by atoms with Crippen LogP contribution in [0.4, 0.5) is 0 Å². The molecule has 2 N–H and O–H groups in total. The third-order valence-electron chi connectivity index (χ3n) is 1.32. The van der Waals surface area contributed by atoms with Crippen LogP contribution in [0.1, 0.15) is 19.4 Å². The molecule has 70 valence electrons. The predicted molar refractivity (Wildman–Crippen MR) is 51.2 cm³/mol. The fourth-order valence-corrected chi connectivity index (χ4v) is 0.729. The number of nitrogens with zero attached hydrogens (tertiary/aromatic N) is 2. The van der Waals surface area contributed by atoms with Crippen molar-refractivity contribution in [1.29, 1.82) is 0 Å². The van der Waals surface area contributed by atoms with E-state index in [-0.39, 0.29) is 6.10 Å². The number of rotatable bonds is 3. The second-order valence-corrected chi connectivity index (χ2v) is 2.87. The van der Waals surface area contributed by atoms with E-state index in [0.717, 1.165) is 5.56 Å². The van der Waals surface area contributed by atoms with Gasteiger partial charge in [0.1, 0.15) is 6.10 Å². The highest BCUT2D eigenvalue weighted by atomic mass is 16.6. The van der Waals surface area contributed by atoms with E-state index in [4.69, 9.17) is 10.6 Å². The van der Waals surface area contributed by atoms with Crippen molar-refractivity contribution in [3.05, 3.63) is 30.1 Å². The number of nitrogens with two attached hydrogens (primary N) is 1. The van der Waals surface area contributed by atoms with Gasteiger partial charge in [0.2, 0.25) is 0 Å². The molecule has 0 amide bonds. The highest BCUT2D eigenvalue weighted by Crippen LogP contribution is 1.96. The molecule has 0 atom stereocenters. The summed E-state index contributed by atoms with van der Waals surface area (Å²) in [6.07, 6.45) is 3.36. The van der Waals surface area contributed by atoms with Crippen molar-refractivity contribution < 1.29 is 4.84 Å². The first kappa shape index (κ1) is 9.51. The smallest absolute Gasteiger partial charge is 0.171 e. The summed E-state index contributed by atoms with van der Waals surface area (Å²) in [6, 6.07) is 3.63. The van der Waals surface area contributed by atoms with E-state index in [1.165, 1.54) is 0 Å². The van der Waals surface area contributed by atoms with Gasteiger partial charge in [0.25, 0.3) is 0 Å². The molecule has 0 fully saturated rings. The van der Waals surface area contributed by atoms with E-state index in [0.29, 0.717) is 5.84 Å². The molecule has 1 aromatic heterocycles. The summed E-state index contributed by atoms with van der Waals surface area (Å²) < 4.78 is 0. The van der Waals surface area contributed by atoms with Crippen molar-refractivity contribution in [3.63, 3.8) is 0 Å². The van der Waals surface area contributed by atoms with Gasteiger partial charge in [-0.2, -0.15) is 0 Å². The minimum atomic E-state index is 0.0372. The van der Waals surface area contributed by atoms with Gasteiger partial charge in [-0.1, -0.05) is 5.16 Å². The zero-order chi connectivity index (χ0) is 9.68. The van der Waals surface area contributed by atoms with Crippen LogP contribution < -0.4 is 5.73 Å². The predicted octanol–water partition coefficient (Wildman–Crippen LogP) is 1.13. The topological polar surface area (TPSA) is 60.5 Å². The van der Waals surface area contributed by atoms with Crippen LogP contribution in [0, 0.1) is 0 Å². The monoisotopic (exact) mass is 179 g/mol. The highest BCUT2D eigenvalue weighted by Gasteiger charge is 1.98. The Balaban J connectivity index is 2.68. The molecular formula is C9H13N3O. The molecule has 1 rings (SSSR count). The molecule has 0 aliphatic carbocycles. The maximum atomic E-state index is 5.63. The van der Waals surface area contributed by atoms with Gasteiger partial charge in [-0.3, -0.25) is 4.98 Å². The lowest BCUT2D eigenvalue weighted by Crippen LogP contribution is -2.15. The van der Waals surface area contributed by atoms with Crippen molar-refractivity contribution in [2.24, 2.45) is 10.9 Å². The molecule has 0 saturated heterocycles. The zero-order valence-corrected chi connectivity index (χ0v) is 7.77. The van der Waals surface area contributed by atoms with Gasteiger partial charge >= 0.3 is 0 Å². The molecular weight excluding hydrogens is 166 g/mol. The summed E-state index contributed by atoms with van der Waals surface area (Å²) in [5.74, 6) is 0.349. The maximum Gasteiger partial charge on any atom is 0.171 e. The Morgan fingerprint density at radius 3 is 2.92 bits per heavy atom. The molecule has 0 saturated carbocycles. The van der Waals surface area contributed by atoms with E-state index in [1.54, 1.807) is 18.5 Å². The summed E-state index contributed by atoms with van der Waals surface area (Å²) in [6.45, 7) is 3.78. The quantitative estimate of drug-likeness (QED) is 0.430. The minimum Gasteiger partial charge on any atom is -0.391 e. The fraction of sp³-hybridized carbons (Fsp3) is 0.333. The van der Waals surface area contributed by atoms with E-state index in [9.17, 15) is 0 Å². The second-order valence-electron chi connectivity index (χ2n) is 2.87. The van der Waals surface area contributed by atoms with Gasteiger partial charge < -0.3 is 10.6 Å². The largest absolute Gasteiger partial charge is 0.391 e. The Morgan fingerprint density at radius 2 is 2.38 bits per heavy atom. The van der Waals surface area contributed by atoms with Crippen LogP contribution in [0.2, 0.25) is 0 Å². The summed E-state index contributed by atoms with van der Waals surface area (Å²) in [5, 5.41) is 3.75. The highest BCUT2D eigenvalue weighted by molar-refractivity contribution is 5.96. The number of hydrogen-bond donors (Lipinski definition) is 1. The maximum absolute atomic E-state index is 5.63. The molecule has 0 spiro atoms. The first-order chi connectivity index (χ1) is 6.20. The lowest BCUT2D eigenvalue weighted by Gasteiger charge is -2.03. The van der Waals surface area contributed by atoms with Crippen molar-refractivity contribution in [1.82, 2.24) is 4.98 Å². The van der Waals surface area contributed by atoms with Crippen LogP contribution in [-0.4, -0.2) is 16.9 Å². The third kappa shape index (κ3) is 3.11. The van der Waals surface area contributed by atoms with Crippen LogP contribution in [0.15, 0.2) is 29.7 Å². The second kappa shape index (κ2) is 4.45. The van der Waals surface area contributed by atoms with Gasteiger partial charge in [-0.05, 0) is 26.0 Å². The normalized spacial score (nSPS) is 11.8. The van der Waals surface area contributed by atoms with Gasteiger partial charge in [0.05, 0.1) is 0 Å². The van der Waals surface area contributed by atoms with Crippen molar-refractivity contribution in [2.75, 3.05) is 0 Å². The molecule has 0 radical (unpaired) electrons. The number of pyridine rings is 1. The van der Waals surface area contributed by atoms with E-state index in [2.05, 4.69) is 10.1 Å². The standard InChI is InChI=1S/C9H13N3O/c1-7(2)13-12-9(10)8-4-3-5-11-6-8/h3-7H,1-2H3,(H2,10,12). The van der Waals surface area contributed by atoms with Gasteiger partial charge in [0, 0.05) is 18.0 Å². The Kier molecular flexibility index (Phi) is 3.25. The van der Waals surface area contributed by atoms with E-state index in [1.807, 2.05) is 19.9 Å². The molecule has 0 aliphatic rings. The van der Waals surface area contributed by atoms with Crippen LogP contribution in [0.3, 0.4) is 0 Å². The lowest BCUT2D eigenvalue weighted by molar-refractivity contribution is 0.0858. The van der Waals surface area contributed by atoms with Crippen molar-refractivity contribution in [2.45, 2.75) is 20.0 Å². The fourth-order valence-electron chi connectivity index (χ4n) is 0.729. The molecule has 1 heterocycles. The number of aromatic nitrogens is 1. The number of amidine groups is 1. The van der Waals surface area contributed by atoms with E-state index < -0.39 is 0 Å². The average Bonchev–Trinajstić information content (AvgIpc) is 2.15. The molecule has 0 bridgehead atoms. The van der Waals surface area contributed by atoms with Gasteiger partial charge in [-0.25, -0.2) is 0 Å². The zero-order valence-electron chi connectivity index (χ0n) is 7.77. The summed E-state index contributed by atoms with van der Waals surface area (Å²) in [4.78, 5) is 8.91. The number of hydrogen-bond acceptors (Lipinski definition) is 3. The minimum absolute atomic E-state index is 0.0372. The lowest BCUT2D eigenvalue weighted by atomic mass is 10.3. The van der Waals surface area contributed by atoms with Crippen molar-refractivity contribution >= 4 is 5.84 Å². The Morgan fingerprint density at radius 1 is 1.62 bits per heavy atom. The van der Waals surface area contributed by atoms with Crippen LogP contribution in [-0.2, 0) is 4.84 Å². The molecule has 0 aliphatic heterocycles. The average molecular weight is 179 g/mol. The van der Waals surface area contributed by atoms with Gasteiger partial charge in [0.15, 0.2) is 5.84 Å². The summed E-state index contributed by atoms with van der Waals surface area (Å²) in [7, 11) is 0. The Labute approximate surface area is 77.4 Å². The number of oxime groups is 1. The molecule has 1 aromatic rings. The van der Waals surface area contributed by atoms with Crippen LogP contribution >= 0.6 is 0 Å². The summed E-state index contributed by atoms with van der Waals surface area (Å²) >= 11 is 0. The SMILES string of the molecule is CC(C)O/N=C(\N)c1cccnc1. The van der Waals surface area contributed by atoms with E-state index >= 15 is 0 Å². The first-order valence-corrected chi connectivity index (χ1v) is 4.10. The Hall–Kier alpha value is -1.58. The Bertz CT molecular complexity index is 282.